The fourth-order valence-corrected chi connectivity index (χ4v) is 2.44. The number of aryl methyl sites for hydroxylation is 1. The molecule has 1 N–H and O–H groups in total. The average Bonchev–Trinajstić information content (AvgIpc) is 2.46. The van der Waals surface area contributed by atoms with Crippen LogP contribution in [0, 0.1) is 0 Å². The zero-order chi connectivity index (χ0) is 14.4. The van der Waals surface area contributed by atoms with Crippen molar-refractivity contribution in [1.82, 2.24) is 0 Å². The Balaban J connectivity index is 2.04. The molecule has 0 fully saturated rings. The summed E-state index contributed by atoms with van der Waals surface area (Å²) in [4.78, 5) is 11.0. The largest absolute Gasteiger partial charge is 0.481 e. The van der Waals surface area contributed by atoms with Crippen molar-refractivity contribution >= 4 is 17.6 Å². The maximum Gasteiger partial charge on any atom is 0.303 e. The van der Waals surface area contributed by atoms with Crippen LogP contribution in [-0.4, -0.2) is 11.1 Å². The smallest absolute Gasteiger partial charge is 0.303 e. The zero-order valence-corrected chi connectivity index (χ0v) is 11.9. The highest BCUT2D eigenvalue weighted by molar-refractivity contribution is 6.30. The summed E-state index contributed by atoms with van der Waals surface area (Å²) in [5.74, 6) is -0.709. The summed E-state index contributed by atoms with van der Waals surface area (Å²) in [5.41, 5.74) is 2.27. The Labute approximate surface area is 124 Å². The number of carboxylic acid groups (broad SMARTS) is 1. The van der Waals surface area contributed by atoms with Crippen LogP contribution in [0.1, 0.15) is 29.9 Å². The molecule has 1 atom stereocenters. The van der Waals surface area contributed by atoms with Crippen molar-refractivity contribution in [3.05, 3.63) is 70.7 Å². The first kappa shape index (κ1) is 14.6. The van der Waals surface area contributed by atoms with Gasteiger partial charge in [-0.2, -0.15) is 0 Å². The van der Waals surface area contributed by atoms with Crippen molar-refractivity contribution in [3.63, 3.8) is 0 Å². The summed E-state index contributed by atoms with van der Waals surface area (Å²) < 4.78 is 0. The molecule has 0 aromatic heterocycles. The summed E-state index contributed by atoms with van der Waals surface area (Å²) in [6, 6.07) is 17.6. The lowest BCUT2D eigenvalue weighted by atomic mass is 9.90. The predicted molar refractivity (Wildman–Crippen MR) is 81.2 cm³/mol. The molecule has 104 valence electrons. The Kier molecular flexibility index (Phi) is 5.19. The molecule has 0 amide bonds. The molecule has 0 bridgehead atoms. The Hall–Kier alpha value is -1.80. The molecule has 0 saturated heterocycles. The van der Waals surface area contributed by atoms with Crippen LogP contribution in [0.3, 0.4) is 0 Å². The minimum Gasteiger partial charge on any atom is -0.481 e. The van der Waals surface area contributed by atoms with Crippen molar-refractivity contribution in [2.75, 3.05) is 0 Å². The first-order valence-electron chi connectivity index (χ1n) is 6.66. The first-order chi connectivity index (χ1) is 9.65. The van der Waals surface area contributed by atoms with Gasteiger partial charge in [0.25, 0.3) is 0 Å². The molecule has 2 nitrogen and oxygen atoms in total. The molecule has 2 aromatic rings. The minimum atomic E-state index is -0.755. The number of hydrogen-bond donors (Lipinski definition) is 1. The van der Waals surface area contributed by atoms with Gasteiger partial charge in [0.2, 0.25) is 0 Å². The normalized spacial score (nSPS) is 12.1. The predicted octanol–water partition coefficient (Wildman–Crippen LogP) is 4.53. The average molecular weight is 289 g/mol. The van der Waals surface area contributed by atoms with Crippen LogP contribution in [-0.2, 0) is 11.2 Å². The number of carboxylic acids is 1. The highest BCUT2D eigenvalue weighted by Gasteiger charge is 2.15. The third-order valence-corrected chi connectivity index (χ3v) is 3.64. The summed E-state index contributed by atoms with van der Waals surface area (Å²) in [6.45, 7) is 0. The Morgan fingerprint density at radius 3 is 2.30 bits per heavy atom. The van der Waals surface area contributed by atoms with Gasteiger partial charge in [0.1, 0.15) is 0 Å². The van der Waals surface area contributed by atoms with Crippen LogP contribution in [0.5, 0.6) is 0 Å². The van der Waals surface area contributed by atoms with Gasteiger partial charge in [-0.25, -0.2) is 0 Å². The monoisotopic (exact) mass is 288 g/mol. The number of carbonyl (C=O) groups is 1. The van der Waals surface area contributed by atoms with E-state index in [0.29, 0.717) is 0 Å². The fourth-order valence-electron chi connectivity index (χ4n) is 2.31. The van der Waals surface area contributed by atoms with E-state index >= 15 is 0 Å². The van der Waals surface area contributed by atoms with Crippen molar-refractivity contribution < 1.29 is 9.90 Å². The molecular formula is C17H17ClO2. The van der Waals surface area contributed by atoms with Gasteiger partial charge in [0.05, 0.1) is 6.42 Å². The molecule has 0 aliphatic carbocycles. The lowest BCUT2D eigenvalue weighted by Crippen LogP contribution is -2.07. The fraction of sp³-hybridized carbons (Fsp3) is 0.235. The van der Waals surface area contributed by atoms with Crippen molar-refractivity contribution in [2.24, 2.45) is 0 Å². The van der Waals surface area contributed by atoms with Gasteiger partial charge < -0.3 is 5.11 Å². The SMILES string of the molecule is O=C(O)CC(CCc1ccc(Cl)cc1)c1ccccc1. The number of benzene rings is 2. The van der Waals surface area contributed by atoms with E-state index in [0.717, 1.165) is 23.4 Å². The molecule has 0 radical (unpaired) electrons. The van der Waals surface area contributed by atoms with Gasteiger partial charge in [0.15, 0.2) is 0 Å². The topological polar surface area (TPSA) is 37.3 Å². The Morgan fingerprint density at radius 1 is 1.05 bits per heavy atom. The van der Waals surface area contributed by atoms with Crippen LogP contribution in [0.15, 0.2) is 54.6 Å². The van der Waals surface area contributed by atoms with E-state index in [9.17, 15) is 4.79 Å². The van der Waals surface area contributed by atoms with Gasteiger partial charge in [0, 0.05) is 5.02 Å². The number of halogens is 1. The second-order valence-electron chi connectivity index (χ2n) is 4.87. The molecule has 3 heteroatoms. The summed E-state index contributed by atoms with van der Waals surface area (Å²) in [5, 5.41) is 9.78. The van der Waals surface area contributed by atoms with Crippen LogP contribution in [0.2, 0.25) is 5.02 Å². The summed E-state index contributed by atoms with van der Waals surface area (Å²) in [6.07, 6.45) is 1.83. The van der Waals surface area contributed by atoms with Crippen LogP contribution >= 0.6 is 11.6 Å². The molecule has 0 spiro atoms. The van der Waals surface area contributed by atoms with E-state index in [1.165, 1.54) is 5.56 Å². The third kappa shape index (κ3) is 4.39. The summed E-state index contributed by atoms with van der Waals surface area (Å²) >= 11 is 5.86. The van der Waals surface area contributed by atoms with E-state index in [-0.39, 0.29) is 12.3 Å². The molecule has 0 aliphatic rings. The lowest BCUT2D eigenvalue weighted by molar-refractivity contribution is -0.137. The van der Waals surface area contributed by atoms with Crippen molar-refractivity contribution in [2.45, 2.75) is 25.2 Å². The molecule has 2 rings (SSSR count). The standard InChI is InChI=1S/C17H17ClO2/c18-16-10-7-13(8-11-16)6-9-15(12-17(19)20)14-4-2-1-3-5-14/h1-5,7-8,10-11,15H,6,9,12H2,(H,19,20). The molecular weight excluding hydrogens is 272 g/mol. The van der Waals surface area contributed by atoms with E-state index in [4.69, 9.17) is 16.7 Å². The molecule has 2 aromatic carbocycles. The molecule has 1 unspecified atom stereocenters. The van der Waals surface area contributed by atoms with Crippen LogP contribution in [0.25, 0.3) is 0 Å². The number of aliphatic carboxylic acids is 1. The van der Waals surface area contributed by atoms with Gasteiger partial charge in [-0.05, 0) is 42.0 Å². The Morgan fingerprint density at radius 2 is 1.70 bits per heavy atom. The summed E-state index contributed by atoms with van der Waals surface area (Å²) in [7, 11) is 0. The first-order valence-corrected chi connectivity index (χ1v) is 7.04. The third-order valence-electron chi connectivity index (χ3n) is 3.39. The quantitative estimate of drug-likeness (QED) is 0.848. The molecule has 0 saturated carbocycles. The number of rotatable bonds is 6. The highest BCUT2D eigenvalue weighted by Crippen LogP contribution is 2.25. The van der Waals surface area contributed by atoms with Gasteiger partial charge in [-0.1, -0.05) is 54.1 Å². The molecule has 20 heavy (non-hydrogen) atoms. The second-order valence-corrected chi connectivity index (χ2v) is 5.31. The lowest BCUT2D eigenvalue weighted by Gasteiger charge is -2.15. The van der Waals surface area contributed by atoms with E-state index in [1.54, 1.807) is 0 Å². The van der Waals surface area contributed by atoms with Gasteiger partial charge in [-0.15, -0.1) is 0 Å². The maximum atomic E-state index is 11.0. The van der Waals surface area contributed by atoms with Gasteiger partial charge in [-0.3, -0.25) is 4.79 Å². The van der Waals surface area contributed by atoms with E-state index in [1.807, 2.05) is 54.6 Å². The Bertz CT molecular complexity index is 549. The maximum absolute atomic E-state index is 11.0. The van der Waals surface area contributed by atoms with E-state index < -0.39 is 5.97 Å². The van der Waals surface area contributed by atoms with Crippen molar-refractivity contribution in [3.8, 4) is 0 Å². The second kappa shape index (κ2) is 7.11. The highest BCUT2D eigenvalue weighted by atomic mass is 35.5. The van der Waals surface area contributed by atoms with Crippen LogP contribution < -0.4 is 0 Å². The van der Waals surface area contributed by atoms with Crippen LogP contribution in [0.4, 0.5) is 0 Å². The van der Waals surface area contributed by atoms with Gasteiger partial charge >= 0.3 is 5.97 Å². The zero-order valence-electron chi connectivity index (χ0n) is 11.1. The van der Waals surface area contributed by atoms with Crippen molar-refractivity contribution in [1.29, 1.82) is 0 Å². The molecule has 0 aliphatic heterocycles. The molecule has 0 heterocycles. The van der Waals surface area contributed by atoms with E-state index in [2.05, 4.69) is 0 Å². The minimum absolute atomic E-state index is 0.0457. The number of hydrogen-bond acceptors (Lipinski definition) is 1.